The van der Waals surface area contributed by atoms with Gasteiger partial charge in [0.25, 0.3) is 0 Å². The summed E-state index contributed by atoms with van der Waals surface area (Å²) >= 11 is 0. The number of rotatable bonds is 3. The molecule has 1 aromatic carbocycles. The molecule has 0 saturated heterocycles. The van der Waals surface area contributed by atoms with Gasteiger partial charge in [0.2, 0.25) is 0 Å². The molecule has 0 aliphatic heterocycles. The van der Waals surface area contributed by atoms with Crippen LogP contribution in [0, 0.1) is 13.8 Å². The summed E-state index contributed by atoms with van der Waals surface area (Å²) in [6, 6.07) is 4.93. The lowest BCUT2D eigenvalue weighted by atomic mass is 10.1. The Kier molecular flexibility index (Phi) is 4.77. The van der Waals surface area contributed by atoms with E-state index in [4.69, 9.17) is 11.8 Å². The monoisotopic (exact) mass is 216 g/mol. The van der Waals surface area contributed by atoms with Gasteiger partial charge in [-0.1, -0.05) is 18.2 Å². The Morgan fingerprint density at radius 3 is 2.36 bits per heavy atom. The predicted octanol–water partition coefficient (Wildman–Crippen LogP) is 2.45. The number of hydrogen-bond donors (Lipinski definition) is 1. The molecule has 2 N–H and O–H groups in total. The zero-order valence-electron chi connectivity index (χ0n) is 9.83. The highest BCUT2D eigenvalue weighted by Gasteiger charge is 2.03. The summed E-state index contributed by atoms with van der Waals surface area (Å²) in [6.45, 7) is 5.81. The largest absolute Gasteiger partial charge is 0.491 e. The lowest BCUT2D eigenvalue weighted by Crippen LogP contribution is -2.24. The van der Waals surface area contributed by atoms with Crippen LogP contribution in [0.2, 0.25) is 0 Å². The van der Waals surface area contributed by atoms with Crippen molar-refractivity contribution in [1.82, 2.24) is 0 Å². The minimum Gasteiger partial charge on any atom is -0.491 e. The number of halogens is 1. The number of para-hydroxylation sites is 1. The zero-order valence-corrected chi connectivity index (χ0v) is 9.65. The molecule has 2 nitrogen and oxygen atoms in total. The number of benzene rings is 1. The topological polar surface area (TPSA) is 35.2 Å². The van der Waals surface area contributed by atoms with Crippen molar-refractivity contribution in [3.8, 4) is 5.75 Å². The quantitative estimate of drug-likeness (QED) is 0.843. The smallest absolute Gasteiger partial charge is 0.125 e. The van der Waals surface area contributed by atoms with Crippen LogP contribution in [0.15, 0.2) is 18.2 Å². The minimum atomic E-state index is -1.03. The van der Waals surface area contributed by atoms with Crippen LogP contribution in [0.3, 0.4) is 0 Å². The van der Waals surface area contributed by atoms with E-state index in [0.717, 1.165) is 16.9 Å². The van der Waals surface area contributed by atoms with Crippen molar-refractivity contribution in [1.29, 1.82) is 0 Å². The Labute approximate surface area is 93.3 Å². The lowest BCUT2D eigenvalue weighted by Gasteiger charge is -2.13. The van der Waals surface area contributed by atoms with Gasteiger partial charge in [0.15, 0.2) is 0 Å². The fraction of sp³-hybridized carbons (Fsp3) is 0.455. The number of ether oxygens (including phenoxy) is 1. The highest BCUT2D eigenvalue weighted by molar-refractivity contribution is 5.85. The predicted molar refractivity (Wildman–Crippen MR) is 62.3 cm³/mol. The third kappa shape index (κ3) is 3.56. The van der Waals surface area contributed by atoms with E-state index < -0.39 is 6.02 Å². The van der Waals surface area contributed by atoms with Crippen LogP contribution in [0.5, 0.6) is 5.75 Å². The van der Waals surface area contributed by atoms with Gasteiger partial charge in [-0.3, -0.25) is 0 Å². The van der Waals surface area contributed by atoms with Crippen molar-refractivity contribution in [2.24, 2.45) is 5.73 Å². The molecule has 1 rings (SSSR count). The summed E-state index contributed by atoms with van der Waals surface area (Å²) < 4.78 is 13.0. The standard InChI is InChI=1S/C11H17NO.ClH/c1-8-5-4-6-9(2)11(8)13-7-10(3)12;/h4-6,10H,7,12H2,1-3H3;1H/i10D;. The van der Waals surface area contributed by atoms with Crippen molar-refractivity contribution in [2.75, 3.05) is 6.61 Å². The maximum Gasteiger partial charge on any atom is 0.125 e. The van der Waals surface area contributed by atoms with Crippen molar-refractivity contribution >= 4 is 12.4 Å². The molecule has 0 aromatic heterocycles. The molecule has 14 heavy (non-hydrogen) atoms. The van der Waals surface area contributed by atoms with Crippen LogP contribution in [-0.4, -0.2) is 12.6 Å². The van der Waals surface area contributed by atoms with Gasteiger partial charge in [-0.25, -0.2) is 0 Å². The van der Waals surface area contributed by atoms with Crippen LogP contribution in [0.25, 0.3) is 0 Å². The third-order valence-electron chi connectivity index (χ3n) is 1.85. The second-order valence-corrected chi connectivity index (χ2v) is 3.36. The summed E-state index contributed by atoms with van der Waals surface area (Å²) in [5, 5.41) is 0. The number of nitrogens with two attached hydrogens (primary N) is 1. The first-order chi connectivity index (χ1) is 6.40. The Bertz CT molecular complexity index is 303. The molecule has 0 radical (unpaired) electrons. The Morgan fingerprint density at radius 1 is 1.43 bits per heavy atom. The Hall–Kier alpha value is -0.730. The third-order valence-corrected chi connectivity index (χ3v) is 1.85. The molecule has 1 unspecified atom stereocenters. The van der Waals surface area contributed by atoms with Crippen molar-refractivity contribution in [3.05, 3.63) is 29.3 Å². The number of aryl methyl sites for hydroxylation is 2. The molecule has 0 heterocycles. The van der Waals surface area contributed by atoms with Crippen LogP contribution in [0.4, 0.5) is 0 Å². The molecule has 3 heteroatoms. The first kappa shape index (κ1) is 11.3. The first-order valence-corrected chi connectivity index (χ1v) is 4.38. The molecule has 0 aliphatic rings. The zero-order chi connectivity index (χ0) is 10.8. The fourth-order valence-corrected chi connectivity index (χ4v) is 1.21. The molecule has 0 fully saturated rings. The van der Waals surface area contributed by atoms with Crippen LogP contribution >= 0.6 is 12.4 Å². The van der Waals surface area contributed by atoms with Gasteiger partial charge >= 0.3 is 0 Å². The van der Waals surface area contributed by atoms with Crippen molar-refractivity contribution in [3.63, 3.8) is 0 Å². The second kappa shape index (κ2) is 5.89. The summed E-state index contributed by atoms with van der Waals surface area (Å²) in [6.07, 6.45) is 0. The van der Waals surface area contributed by atoms with Crippen molar-refractivity contribution < 1.29 is 6.11 Å². The number of hydrogen-bond acceptors (Lipinski definition) is 2. The average molecular weight is 217 g/mol. The van der Waals surface area contributed by atoms with Crippen molar-refractivity contribution in [2.45, 2.75) is 26.8 Å². The Morgan fingerprint density at radius 2 is 1.93 bits per heavy atom. The highest BCUT2D eigenvalue weighted by Crippen LogP contribution is 2.22. The Balaban J connectivity index is 0.00000196. The first-order valence-electron chi connectivity index (χ1n) is 4.88. The summed E-state index contributed by atoms with van der Waals surface area (Å²) in [4.78, 5) is 0. The molecule has 0 spiro atoms. The molecule has 1 atom stereocenters. The SMILES string of the molecule is Cl.[2H]C(C)(N)COc1c(C)cccc1C. The second-order valence-electron chi connectivity index (χ2n) is 3.36. The molecular formula is C11H18ClNO. The van der Waals surface area contributed by atoms with Gasteiger partial charge in [-0.15, -0.1) is 12.4 Å². The van der Waals surface area contributed by atoms with Gasteiger partial charge in [0.1, 0.15) is 12.4 Å². The maximum atomic E-state index is 7.47. The molecule has 0 bridgehead atoms. The molecular weight excluding hydrogens is 198 g/mol. The molecule has 0 saturated carbocycles. The molecule has 80 valence electrons. The summed E-state index contributed by atoms with van der Waals surface area (Å²) in [5.74, 6) is 0.844. The normalized spacial score (nSPS) is 15.0. The van der Waals surface area contributed by atoms with Gasteiger partial charge in [0.05, 0.1) is 0 Å². The summed E-state index contributed by atoms with van der Waals surface area (Å²) in [5.41, 5.74) is 7.68. The van der Waals surface area contributed by atoms with E-state index in [2.05, 4.69) is 0 Å². The van der Waals surface area contributed by atoms with Gasteiger partial charge in [0, 0.05) is 7.39 Å². The van der Waals surface area contributed by atoms with E-state index in [1.807, 2.05) is 32.0 Å². The van der Waals surface area contributed by atoms with Crippen LogP contribution < -0.4 is 10.5 Å². The van der Waals surface area contributed by atoms with E-state index >= 15 is 0 Å². The van der Waals surface area contributed by atoms with Crippen LogP contribution in [0.1, 0.15) is 19.4 Å². The van der Waals surface area contributed by atoms with E-state index in [9.17, 15) is 0 Å². The average Bonchev–Trinajstić information content (AvgIpc) is 2.01. The fourth-order valence-electron chi connectivity index (χ4n) is 1.21. The van der Waals surface area contributed by atoms with Gasteiger partial charge in [-0.05, 0) is 31.9 Å². The minimum absolute atomic E-state index is 0. The highest BCUT2D eigenvalue weighted by atomic mass is 35.5. The van der Waals surface area contributed by atoms with Gasteiger partial charge < -0.3 is 10.5 Å². The van der Waals surface area contributed by atoms with E-state index in [-0.39, 0.29) is 19.0 Å². The summed E-state index contributed by atoms with van der Waals surface area (Å²) in [7, 11) is 0. The molecule has 0 aliphatic carbocycles. The maximum absolute atomic E-state index is 7.47. The van der Waals surface area contributed by atoms with E-state index in [0.29, 0.717) is 0 Å². The molecule has 0 amide bonds. The lowest BCUT2D eigenvalue weighted by molar-refractivity contribution is 0.292. The van der Waals surface area contributed by atoms with Gasteiger partial charge in [-0.2, -0.15) is 0 Å². The van der Waals surface area contributed by atoms with Crippen LogP contribution in [-0.2, 0) is 0 Å². The van der Waals surface area contributed by atoms with E-state index in [1.165, 1.54) is 0 Å². The van der Waals surface area contributed by atoms with E-state index in [1.54, 1.807) is 6.92 Å². The molecule has 1 aromatic rings.